The Morgan fingerprint density at radius 1 is 1.38 bits per heavy atom. The first kappa shape index (κ1) is 15.3. The Kier molecular flexibility index (Phi) is 4.81. The number of methoxy groups -OCH3 is 2. The number of carbonyl (C=O) groups excluding carboxylic acids is 1. The topological polar surface area (TPSA) is 68.5 Å². The molecule has 0 bridgehead atoms. The fourth-order valence-electron chi connectivity index (χ4n) is 2.56. The third-order valence-corrected chi connectivity index (χ3v) is 3.82. The van der Waals surface area contributed by atoms with Crippen molar-refractivity contribution >= 4 is 5.78 Å². The number of ketones is 1. The van der Waals surface area contributed by atoms with Gasteiger partial charge >= 0.3 is 0 Å². The molecule has 112 valence electrons. The van der Waals surface area contributed by atoms with E-state index in [9.17, 15) is 10.1 Å². The molecule has 21 heavy (non-hydrogen) atoms. The zero-order valence-corrected chi connectivity index (χ0v) is 12.5. The average molecular weight is 289 g/mol. The second kappa shape index (κ2) is 6.59. The third kappa shape index (κ3) is 3.01. The van der Waals surface area contributed by atoms with E-state index in [0.717, 1.165) is 6.42 Å². The van der Waals surface area contributed by atoms with Gasteiger partial charge in [0.2, 0.25) is 0 Å². The minimum atomic E-state index is -0.852. The fourth-order valence-corrected chi connectivity index (χ4v) is 2.56. The molecule has 0 saturated carbocycles. The van der Waals surface area contributed by atoms with Crippen LogP contribution in [-0.2, 0) is 9.53 Å². The number of nitriles is 1. The predicted molar refractivity (Wildman–Crippen MR) is 76.4 cm³/mol. The fraction of sp³-hybridized carbons (Fsp3) is 0.500. The lowest BCUT2D eigenvalue weighted by molar-refractivity contribution is -0.129. The Morgan fingerprint density at radius 2 is 2.10 bits per heavy atom. The average Bonchev–Trinajstić information content (AvgIpc) is 2.93. The quantitative estimate of drug-likeness (QED) is 0.832. The molecule has 1 aromatic carbocycles. The highest BCUT2D eigenvalue weighted by Crippen LogP contribution is 2.33. The molecule has 1 aliphatic heterocycles. The van der Waals surface area contributed by atoms with E-state index in [-0.39, 0.29) is 11.7 Å². The van der Waals surface area contributed by atoms with Crippen molar-refractivity contribution in [2.75, 3.05) is 20.8 Å². The molecule has 1 heterocycles. The monoisotopic (exact) mass is 289 g/mol. The van der Waals surface area contributed by atoms with Crippen LogP contribution in [0.3, 0.4) is 0 Å². The maximum absolute atomic E-state index is 12.5. The van der Waals surface area contributed by atoms with Crippen LogP contribution in [0.5, 0.6) is 11.5 Å². The summed E-state index contributed by atoms with van der Waals surface area (Å²) in [5.41, 5.74) is 0.600. The van der Waals surface area contributed by atoms with Crippen LogP contribution in [0.15, 0.2) is 18.2 Å². The smallest absolute Gasteiger partial charge is 0.183 e. The molecule has 3 unspecified atom stereocenters. The Morgan fingerprint density at radius 3 is 2.62 bits per heavy atom. The van der Waals surface area contributed by atoms with Crippen molar-refractivity contribution < 1.29 is 19.0 Å². The lowest BCUT2D eigenvalue weighted by Crippen LogP contribution is -2.29. The van der Waals surface area contributed by atoms with Crippen molar-refractivity contribution in [3.05, 3.63) is 23.8 Å². The van der Waals surface area contributed by atoms with Gasteiger partial charge in [-0.25, -0.2) is 0 Å². The number of nitrogens with zero attached hydrogens (tertiary/aromatic N) is 1. The number of hydrogen-bond acceptors (Lipinski definition) is 5. The third-order valence-electron chi connectivity index (χ3n) is 3.82. The van der Waals surface area contributed by atoms with Crippen LogP contribution in [0, 0.1) is 17.2 Å². The molecule has 1 aliphatic rings. The Balaban J connectivity index is 2.29. The molecule has 0 spiro atoms. The van der Waals surface area contributed by atoms with Gasteiger partial charge in [0.05, 0.1) is 20.3 Å². The van der Waals surface area contributed by atoms with Crippen molar-refractivity contribution in [2.45, 2.75) is 25.4 Å². The predicted octanol–water partition coefficient (Wildman–Crippen LogP) is 2.31. The van der Waals surface area contributed by atoms with Gasteiger partial charge in [0.25, 0.3) is 0 Å². The van der Waals surface area contributed by atoms with E-state index in [1.165, 1.54) is 7.11 Å². The highest BCUT2D eigenvalue weighted by Gasteiger charge is 2.36. The van der Waals surface area contributed by atoms with Gasteiger partial charge < -0.3 is 14.2 Å². The maximum Gasteiger partial charge on any atom is 0.183 e. The van der Waals surface area contributed by atoms with Crippen molar-refractivity contribution in [1.29, 1.82) is 5.26 Å². The van der Waals surface area contributed by atoms with E-state index in [1.54, 1.807) is 25.3 Å². The Hall–Kier alpha value is -2.06. The van der Waals surface area contributed by atoms with Crippen LogP contribution in [-0.4, -0.2) is 32.7 Å². The molecule has 1 aromatic rings. The van der Waals surface area contributed by atoms with Crippen LogP contribution in [0.1, 0.15) is 24.8 Å². The van der Waals surface area contributed by atoms with Crippen molar-refractivity contribution in [2.24, 2.45) is 5.92 Å². The standard InChI is InChI=1S/C16H19NO4/c1-10-6-7-21-16(10)15(18)12(9-17)11-4-5-13(19-2)14(8-11)20-3/h4-5,8,10,12,16H,6-7H2,1-3H3. The van der Waals surface area contributed by atoms with E-state index in [2.05, 4.69) is 6.07 Å². The molecule has 5 nitrogen and oxygen atoms in total. The van der Waals surface area contributed by atoms with Gasteiger partial charge in [-0.15, -0.1) is 0 Å². The van der Waals surface area contributed by atoms with Gasteiger partial charge in [0.15, 0.2) is 17.3 Å². The highest BCUT2D eigenvalue weighted by atomic mass is 16.5. The van der Waals surface area contributed by atoms with E-state index in [4.69, 9.17) is 14.2 Å². The summed E-state index contributed by atoms with van der Waals surface area (Å²) in [6.07, 6.45) is 0.350. The lowest BCUT2D eigenvalue weighted by Gasteiger charge is -2.18. The van der Waals surface area contributed by atoms with E-state index >= 15 is 0 Å². The molecule has 5 heteroatoms. The number of Topliss-reactive ketones (excluding diaryl/α,β-unsaturated/α-hetero) is 1. The molecular weight excluding hydrogens is 270 g/mol. The second-order valence-corrected chi connectivity index (χ2v) is 5.14. The molecule has 1 saturated heterocycles. The summed E-state index contributed by atoms with van der Waals surface area (Å²) in [6.45, 7) is 2.54. The van der Waals surface area contributed by atoms with Gasteiger partial charge in [-0.3, -0.25) is 4.79 Å². The number of carbonyl (C=O) groups is 1. The maximum atomic E-state index is 12.5. The van der Waals surface area contributed by atoms with Crippen LogP contribution in [0.4, 0.5) is 0 Å². The zero-order chi connectivity index (χ0) is 15.4. The Bertz CT molecular complexity index is 564. The Labute approximate surface area is 124 Å². The molecule has 0 amide bonds. The summed E-state index contributed by atoms with van der Waals surface area (Å²) < 4.78 is 15.9. The summed E-state index contributed by atoms with van der Waals surface area (Å²) in [6, 6.07) is 7.16. The van der Waals surface area contributed by atoms with Gasteiger partial charge in [-0.1, -0.05) is 13.0 Å². The summed E-state index contributed by atoms with van der Waals surface area (Å²) >= 11 is 0. The number of ether oxygens (including phenoxy) is 3. The first-order valence-corrected chi connectivity index (χ1v) is 6.89. The highest BCUT2D eigenvalue weighted by molar-refractivity contribution is 5.92. The second-order valence-electron chi connectivity index (χ2n) is 5.14. The van der Waals surface area contributed by atoms with Crippen LogP contribution >= 0.6 is 0 Å². The molecule has 0 aliphatic carbocycles. The number of rotatable bonds is 5. The summed E-state index contributed by atoms with van der Waals surface area (Å²) in [4.78, 5) is 12.5. The molecule has 0 N–H and O–H groups in total. The van der Waals surface area contributed by atoms with E-state index < -0.39 is 12.0 Å². The zero-order valence-electron chi connectivity index (χ0n) is 12.5. The summed E-state index contributed by atoms with van der Waals surface area (Å²) in [5.74, 6) is 0.179. The van der Waals surface area contributed by atoms with Gasteiger partial charge in [-0.05, 0) is 30.0 Å². The molecular formula is C16H19NO4. The first-order valence-electron chi connectivity index (χ1n) is 6.89. The van der Waals surface area contributed by atoms with Gasteiger partial charge in [0.1, 0.15) is 12.0 Å². The van der Waals surface area contributed by atoms with E-state index in [1.807, 2.05) is 6.92 Å². The van der Waals surface area contributed by atoms with Crippen LogP contribution in [0.2, 0.25) is 0 Å². The molecule has 3 atom stereocenters. The van der Waals surface area contributed by atoms with Crippen molar-refractivity contribution in [3.8, 4) is 17.6 Å². The molecule has 1 fully saturated rings. The van der Waals surface area contributed by atoms with E-state index in [0.29, 0.717) is 23.7 Å². The molecule has 0 radical (unpaired) electrons. The lowest BCUT2D eigenvalue weighted by atomic mass is 9.88. The number of benzene rings is 1. The largest absolute Gasteiger partial charge is 0.493 e. The minimum Gasteiger partial charge on any atom is -0.493 e. The summed E-state index contributed by atoms with van der Waals surface area (Å²) in [7, 11) is 3.06. The molecule has 0 aromatic heterocycles. The van der Waals surface area contributed by atoms with Crippen LogP contribution < -0.4 is 9.47 Å². The summed E-state index contributed by atoms with van der Waals surface area (Å²) in [5, 5.41) is 9.39. The SMILES string of the molecule is COc1ccc(C(C#N)C(=O)C2OCCC2C)cc1OC. The minimum absolute atomic E-state index is 0.147. The van der Waals surface area contributed by atoms with Crippen LogP contribution in [0.25, 0.3) is 0 Å². The van der Waals surface area contributed by atoms with Gasteiger partial charge in [0, 0.05) is 6.61 Å². The molecule has 2 rings (SSSR count). The van der Waals surface area contributed by atoms with Crippen molar-refractivity contribution in [1.82, 2.24) is 0 Å². The normalized spacial score (nSPS) is 22.4. The van der Waals surface area contributed by atoms with Gasteiger partial charge in [-0.2, -0.15) is 5.26 Å². The first-order chi connectivity index (χ1) is 10.1. The number of hydrogen-bond donors (Lipinski definition) is 0. The van der Waals surface area contributed by atoms with Crippen molar-refractivity contribution in [3.63, 3.8) is 0 Å².